The number of benzene rings is 8. The van der Waals surface area contributed by atoms with Crippen LogP contribution in [0, 0.1) is 0 Å². The van der Waals surface area contributed by atoms with Crippen LogP contribution < -0.4 is 0 Å². The van der Waals surface area contributed by atoms with Crippen molar-refractivity contribution in [3.8, 4) is 39.6 Å². The molecule has 4 heteroatoms. The van der Waals surface area contributed by atoms with E-state index in [2.05, 4.69) is 168 Å². The number of furan rings is 1. The molecule has 0 aliphatic carbocycles. The Hall–Kier alpha value is -7.04. The average molecular weight is 664 g/mol. The standard InChI is InChI=1S/C48H29N3O/c1-3-14-31(15-4-1)41-29-42(32-16-5-2-6-17-32)50-48(49-41)40-27-35(28-45-46(40)38-24-23-30-13-9-10-20-36(30)47(38)52-45)51-43-22-12-11-21-37(43)39-25-33-18-7-8-19-34(33)26-44(39)51/h1-29H. The molecule has 0 aliphatic rings. The summed E-state index contributed by atoms with van der Waals surface area (Å²) in [5.74, 6) is 0.647. The molecule has 0 aliphatic heterocycles. The van der Waals surface area contributed by atoms with Gasteiger partial charge in [0.2, 0.25) is 0 Å². The second-order valence-electron chi connectivity index (χ2n) is 13.4. The van der Waals surface area contributed by atoms with Crippen LogP contribution in [0.15, 0.2) is 180 Å². The van der Waals surface area contributed by atoms with E-state index in [1.54, 1.807) is 0 Å². The van der Waals surface area contributed by atoms with Crippen LogP contribution in [0.3, 0.4) is 0 Å². The zero-order valence-electron chi connectivity index (χ0n) is 28.0. The van der Waals surface area contributed by atoms with Crippen LogP contribution in [0.1, 0.15) is 0 Å². The van der Waals surface area contributed by atoms with Crippen LogP contribution in [0.5, 0.6) is 0 Å². The van der Waals surface area contributed by atoms with E-state index in [1.165, 1.54) is 21.5 Å². The van der Waals surface area contributed by atoms with Crippen LogP contribution in [-0.4, -0.2) is 14.5 Å². The summed E-state index contributed by atoms with van der Waals surface area (Å²) in [6.07, 6.45) is 0. The molecule has 0 radical (unpaired) electrons. The Morgan fingerprint density at radius 3 is 1.77 bits per heavy atom. The molecule has 11 rings (SSSR count). The largest absolute Gasteiger partial charge is 0.455 e. The fraction of sp³-hybridized carbons (Fsp3) is 0. The summed E-state index contributed by atoms with van der Waals surface area (Å²) in [4.78, 5) is 10.6. The van der Waals surface area contributed by atoms with Gasteiger partial charge in [-0.2, -0.15) is 0 Å². The molecule has 0 saturated heterocycles. The Bertz CT molecular complexity index is 3120. The maximum atomic E-state index is 6.92. The van der Waals surface area contributed by atoms with E-state index in [9.17, 15) is 0 Å². The van der Waals surface area contributed by atoms with E-state index in [0.29, 0.717) is 5.82 Å². The van der Waals surface area contributed by atoms with Crippen molar-refractivity contribution in [2.24, 2.45) is 0 Å². The van der Waals surface area contributed by atoms with Gasteiger partial charge in [0.25, 0.3) is 0 Å². The predicted octanol–water partition coefficient (Wildman–Crippen LogP) is 12.8. The first kappa shape index (κ1) is 28.8. The fourth-order valence-electron chi connectivity index (χ4n) is 7.94. The van der Waals surface area contributed by atoms with E-state index in [1.807, 2.05) is 12.1 Å². The Morgan fingerprint density at radius 2 is 1.04 bits per heavy atom. The van der Waals surface area contributed by atoms with Crippen molar-refractivity contribution < 1.29 is 4.42 Å². The molecule has 3 aromatic heterocycles. The van der Waals surface area contributed by atoms with Crippen LogP contribution in [0.4, 0.5) is 0 Å². The lowest BCUT2D eigenvalue weighted by Crippen LogP contribution is -1.99. The minimum atomic E-state index is 0.647. The third kappa shape index (κ3) is 4.41. The molecule has 0 N–H and O–H groups in total. The van der Waals surface area contributed by atoms with Crippen molar-refractivity contribution in [1.29, 1.82) is 0 Å². The predicted molar refractivity (Wildman–Crippen MR) is 215 cm³/mol. The first-order chi connectivity index (χ1) is 25.8. The molecule has 8 aromatic carbocycles. The summed E-state index contributed by atoms with van der Waals surface area (Å²) in [6.45, 7) is 0. The van der Waals surface area contributed by atoms with E-state index in [0.717, 1.165) is 77.5 Å². The quantitative estimate of drug-likeness (QED) is 0.188. The Kier molecular flexibility index (Phi) is 6.22. The lowest BCUT2D eigenvalue weighted by molar-refractivity contribution is 0.672. The topological polar surface area (TPSA) is 43.9 Å². The average Bonchev–Trinajstić information content (AvgIpc) is 3.75. The molecule has 52 heavy (non-hydrogen) atoms. The lowest BCUT2D eigenvalue weighted by atomic mass is 10.0. The van der Waals surface area contributed by atoms with Crippen molar-refractivity contribution in [1.82, 2.24) is 14.5 Å². The first-order valence-corrected chi connectivity index (χ1v) is 17.6. The third-order valence-electron chi connectivity index (χ3n) is 10.4. The number of nitrogens with zero attached hydrogens (tertiary/aromatic N) is 3. The summed E-state index contributed by atoms with van der Waals surface area (Å²) < 4.78 is 9.29. The molecule has 0 spiro atoms. The van der Waals surface area contributed by atoms with Gasteiger partial charge < -0.3 is 8.98 Å². The van der Waals surface area contributed by atoms with Gasteiger partial charge in [-0.1, -0.05) is 133 Å². The zero-order chi connectivity index (χ0) is 34.2. The van der Waals surface area contributed by atoms with Crippen molar-refractivity contribution in [3.63, 3.8) is 0 Å². The number of fused-ring (bicyclic) bond motifs is 9. The lowest BCUT2D eigenvalue weighted by Gasteiger charge is -2.13. The van der Waals surface area contributed by atoms with E-state index in [4.69, 9.17) is 14.4 Å². The molecule has 0 bridgehead atoms. The Labute approximate surface area is 298 Å². The second kappa shape index (κ2) is 11.2. The maximum absolute atomic E-state index is 6.92. The molecule has 0 amide bonds. The molecule has 4 nitrogen and oxygen atoms in total. The number of para-hydroxylation sites is 1. The van der Waals surface area contributed by atoms with Gasteiger partial charge in [0.1, 0.15) is 11.2 Å². The zero-order valence-corrected chi connectivity index (χ0v) is 28.0. The molecular formula is C48H29N3O. The van der Waals surface area contributed by atoms with E-state index in [-0.39, 0.29) is 0 Å². The van der Waals surface area contributed by atoms with Crippen molar-refractivity contribution >= 4 is 65.3 Å². The highest BCUT2D eigenvalue weighted by molar-refractivity contribution is 6.20. The Morgan fingerprint density at radius 1 is 0.423 bits per heavy atom. The SMILES string of the molecule is c1ccc(-c2cc(-c3ccccc3)nc(-c3cc(-n4c5ccccc5c5cc6ccccc6cc54)cc4oc5c6ccccc6ccc5c34)n2)cc1. The summed E-state index contributed by atoms with van der Waals surface area (Å²) in [7, 11) is 0. The van der Waals surface area contributed by atoms with Gasteiger partial charge in [-0.25, -0.2) is 9.97 Å². The van der Waals surface area contributed by atoms with Crippen LogP contribution >= 0.6 is 0 Å². The minimum absolute atomic E-state index is 0.647. The molecule has 0 unspecified atom stereocenters. The summed E-state index contributed by atoms with van der Waals surface area (Å²) in [5.41, 5.74) is 9.63. The van der Waals surface area contributed by atoms with Crippen molar-refractivity contribution in [2.45, 2.75) is 0 Å². The first-order valence-electron chi connectivity index (χ1n) is 17.6. The number of rotatable bonds is 4. The van der Waals surface area contributed by atoms with Crippen LogP contribution in [0.25, 0.3) is 105 Å². The van der Waals surface area contributed by atoms with Gasteiger partial charge in [0.05, 0.1) is 28.1 Å². The monoisotopic (exact) mass is 663 g/mol. The smallest absolute Gasteiger partial charge is 0.161 e. The number of hydrogen-bond acceptors (Lipinski definition) is 3. The van der Waals surface area contributed by atoms with Gasteiger partial charge in [-0.15, -0.1) is 0 Å². The highest BCUT2D eigenvalue weighted by atomic mass is 16.3. The molecular weight excluding hydrogens is 635 g/mol. The van der Waals surface area contributed by atoms with Crippen molar-refractivity contribution in [3.05, 3.63) is 176 Å². The molecule has 0 fully saturated rings. The number of hydrogen-bond donors (Lipinski definition) is 0. The van der Waals surface area contributed by atoms with Gasteiger partial charge in [0.15, 0.2) is 5.82 Å². The molecule has 11 aromatic rings. The van der Waals surface area contributed by atoms with E-state index < -0.39 is 0 Å². The summed E-state index contributed by atoms with van der Waals surface area (Å²) in [5, 5.41) is 9.09. The summed E-state index contributed by atoms with van der Waals surface area (Å²) >= 11 is 0. The van der Waals surface area contributed by atoms with Gasteiger partial charge in [-0.05, 0) is 52.6 Å². The minimum Gasteiger partial charge on any atom is -0.455 e. The van der Waals surface area contributed by atoms with Gasteiger partial charge in [-0.3, -0.25) is 0 Å². The van der Waals surface area contributed by atoms with Crippen LogP contribution in [-0.2, 0) is 0 Å². The maximum Gasteiger partial charge on any atom is 0.161 e. The summed E-state index contributed by atoms with van der Waals surface area (Å²) in [6, 6.07) is 61.9. The molecule has 242 valence electrons. The second-order valence-corrected chi connectivity index (χ2v) is 13.4. The highest BCUT2D eigenvalue weighted by Gasteiger charge is 2.22. The molecule has 3 heterocycles. The van der Waals surface area contributed by atoms with Gasteiger partial charge in [0, 0.05) is 49.7 Å². The normalized spacial score (nSPS) is 11.8. The highest BCUT2D eigenvalue weighted by Crippen LogP contribution is 2.43. The van der Waals surface area contributed by atoms with Crippen LogP contribution in [0.2, 0.25) is 0 Å². The third-order valence-corrected chi connectivity index (χ3v) is 10.4. The number of aromatic nitrogens is 3. The Balaban J connectivity index is 1.28. The fourth-order valence-corrected chi connectivity index (χ4v) is 7.94. The molecule has 0 saturated carbocycles. The van der Waals surface area contributed by atoms with Crippen molar-refractivity contribution in [2.75, 3.05) is 0 Å². The van der Waals surface area contributed by atoms with E-state index >= 15 is 0 Å². The van der Waals surface area contributed by atoms with Gasteiger partial charge >= 0.3 is 0 Å². The molecule has 0 atom stereocenters.